The minimum Gasteiger partial charge on any atom is -0.315 e. The molecule has 0 saturated heterocycles. The van der Waals surface area contributed by atoms with Crippen LogP contribution in [0.1, 0.15) is 18.5 Å². The maximum Gasteiger partial charge on any atom is 0.304 e. The molecule has 0 aliphatic carbocycles. The number of thioether (sulfide) groups is 1. The highest BCUT2D eigenvalue weighted by Gasteiger charge is 1.95. The number of H-pyrrole nitrogens is 1. The molecule has 0 aliphatic heterocycles. The molecular weight excluding hydrogens is 216 g/mol. The molecule has 14 heavy (non-hydrogen) atoms. The van der Waals surface area contributed by atoms with Crippen LogP contribution >= 0.6 is 23.1 Å². The maximum absolute atomic E-state index is 10.8. The predicted octanol–water partition coefficient (Wildman–Crippen LogP) is 1.67. The number of nitrogens with one attached hydrogen (secondary N) is 2. The molecule has 2 N–H and O–H groups in total. The third-order valence-electron chi connectivity index (χ3n) is 1.84. The van der Waals surface area contributed by atoms with Crippen LogP contribution in [-0.4, -0.2) is 23.5 Å². The molecule has 0 aliphatic rings. The molecular formula is C9H16N2OS2. The van der Waals surface area contributed by atoms with E-state index in [1.165, 1.54) is 29.9 Å². The number of hydrogen-bond donors (Lipinski definition) is 2. The quantitative estimate of drug-likeness (QED) is 0.703. The lowest BCUT2D eigenvalue weighted by Crippen LogP contribution is -2.15. The van der Waals surface area contributed by atoms with Crippen molar-refractivity contribution in [2.24, 2.45) is 0 Å². The third-order valence-corrected chi connectivity index (χ3v) is 3.25. The van der Waals surface area contributed by atoms with E-state index < -0.39 is 0 Å². The molecule has 1 heterocycles. The van der Waals surface area contributed by atoms with Gasteiger partial charge in [0.25, 0.3) is 0 Å². The van der Waals surface area contributed by atoms with E-state index >= 15 is 0 Å². The Bertz CT molecular complexity index is 295. The minimum absolute atomic E-state index is 0.0317. The maximum atomic E-state index is 10.8. The van der Waals surface area contributed by atoms with Crippen LogP contribution in [0.2, 0.25) is 0 Å². The Morgan fingerprint density at radius 2 is 2.43 bits per heavy atom. The summed E-state index contributed by atoms with van der Waals surface area (Å²) in [5.41, 5.74) is 0.991. The summed E-state index contributed by atoms with van der Waals surface area (Å²) in [5, 5.41) is 5.17. The molecule has 0 spiro atoms. The molecule has 0 saturated carbocycles. The molecule has 80 valence electrons. The second kappa shape index (κ2) is 7.09. The van der Waals surface area contributed by atoms with Crippen LogP contribution in [0.25, 0.3) is 0 Å². The van der Waals surface area contributed by atoms with Gasteiger partial charge in [-0.15, -0.1) is 0 Å². The highest BCUT2D eigenvalue weighted by molar-refractivity contribution is 7.98. The van der Waals surface area contributed by atoms with Gasteiger partial charge >= 0.3 is 4.87 Å². The fourth-order valence-corrected chi connectivity index (χ4v) is 2.19. The third kappa shape index (κ3) is 4.83. The number of unbranched alkanes of at least 4 members (excludes halogenated alkanes) is 1. The normalized spacial score (nSPS) is 10.6. The Kier molecular flexibility index (Phi) is 5.98. The van der Waals surface area contributed by atoms with Gasteiger partial charge in [0.15, 0.2) is 0 Å². The molecule has 0 unspecified atom stereocenters. The molecule has 5 heteroatoms. The molecule has 0 radical (unpaired) electrons. The van der Waals surface area contributed by atoms with Crippen LogP contribution in [-0.2, 0) is 6.54 Å². The SMILES string of the molecule is CSCCCCNCc1csc(=O)[nH]1. The summed E-state index contributed by atoms with van der Waals surface area (Å²) in [4.78, 5) is 13.6. The second-order valence-corrected chi connectivity index (χ2v) is 4.88. The number of thiazole rings is 1. The van der Waals surface area contributed by atoms with Crippen molar-refractivity contribution in [1.29, 1.82) is 0 Å². The van der Waals surface area contributed by atoms with Gasteiger partial charge in [-0.1, -0.05) is 11.3 Å². The minimum atomic E-state index is 0.0317. The zero-order chi connectivity index (χ0) is 10.2. The van der Waals surface area contributed by atoms with E-state index in [2.05, 4.69) is 16.6 Å². The van der Waals surface area contributed by atoms with Crippen LogP contribution in [0.5, 0.6) is 0 Å². The summed E-state index contributed by atoms with van der Waals surface area (Å²) in [5.74, 6) is 1.23. The molecule has 1 aromatic rings. The molecule has 0 bridgehead atoms. The van der Waals surface area contributed by atoms with Gasteiger partial charge in [0.2, 0.25) is 0 Å². The number of aromatic amines is 1. The van der Waals surface area contributed by atoms with Gasteiger partial charge in [0.05, 0.1) is 0 Å². The first-order valence-electron chi connectivity index (χ1n) is 4.69. The highest BCUT2D eigenvalue weighted by Crippen LogP contribution is 1.98. The number of aromatic nitrogens is 1. The van der Waals surface area contributed by atoms with Crippen molar-refractivity contribution in [3.8, 4) is 0 Å². The van der Waals surface area contributed by atoms with Crippen molar-refractivity contribution in [2.75, 3.05) is 18.6 Å². The summed E-state index contributed by atoms with van der Waals surface area (Å²) < 4.78 is 0. The molecule has 0 amide bonds. The monoisotopic (exact) mass is 232 g/mol. The summed E-state index contributed by atoms with van der Waals surface area (Å²) in [6.07, 6.45) is 4.59. The first-order chi connectivity index (χ1) is 6.83. The van der Waals surface area contributed by atoms with Gasteiger partial charge in [-0.2, -0.15) is 11.8 Å². The van der Waals surface area contributed by atoms with Gasteiger partial charge in [-0.3, -0.25) is 4.79 Å². The van der Waals surface area contributed by atoms with Gasteiger partial charge in [-0.25, -0.2) is 0 Å². The topological polar surface area (TPSA) is 44.9 Å². The summed E-state index contributed by atoms with van der Waals surface area (Å²) in [6.45, 7) is 1.80. The Hall–Kier alpha value is -0.260. The van der Waals surface area contributed by atoms with Gasteiger partial charge < -0.3 is 10.3 Å². The smallest absolute Gasteiger partial charge is 0.304 e. The van der Waals surface area contributed by atoms with Crippen molar-refractivity contribution in [3.05, 3.63) is 20.7 Å². The first kappa shape index (κ1) is 11.8. The van der Waals surface area contributed by atoms with Crippen LogP contribution in [0, 0.1) is 0 Å². The largest absolute Gasteiger partial charge is 0.315 e. The lowest BCUT2D eigenvalue weighted by atomic mass is 10.3. The first-order valence-corrected chi connectivity index (χ1v) is 6.96. The Labute approximate surface area is 92.3 Å². The van der Waals surface area contributed by atoms with E-state index in [4.69, 9.17) is 0 Å². The predicted molar refractivity (Wildman–Crippen MR) is 64.3 cm³/mol. The highest BCUT2D eigenvalue weighted by atomic mass is 32.2. The van der Waals surface area contributed by atoms with E-state index in [0.717, 1.165) is 18.8 Å². The standard InChI is InChI=1S/C9H16N2OS2/c1-13-5-3-2-4-10-6-8-7-14-9(12)11-8/h7,10H,2-6H2,1H3,(H,11,12). The summed E-state index contributed by atoms with van der Waals surface area (Å²) in [6, 6.07) is 0. The molecule has 3 nitrogen and oxygen atoms in total. The van der Waals surface area contributed by atoms with Gasteiger partial charge in [0.1, 0.15) is 0 Å². The zero-order valence-corrected chi connectivity index (χ0v) is 9.97. The number of rotatable bonds is 7. The lowest BCUT2D eigenvalue weighted by molar-refractivity contribution is 0.637. The molecule has 1 rings (SSSR count). The van der Waals surface area contributed by atoms with Crippen LogP contribution in [0.4, 0.5) is 0 Å². The van der Waals surface area contributed by atoms with E-state index in [1.807, 2.05) is 17.1 Å². The second-order valence-electron chi connectivity index (χ2n) is 3.05. The van der Waals surface area contributed by atoms with Crippen molar-refractivity contribution >= 4 is 23.1 Å². The average molecular weight is 232 g/mol. The molecule has 0 fully saturated rings. The fraction of sp³-hybridized carbons (Fsp3) is 0.667. The number of hydrogen-bond acceptors (Lipinski definition) is 4. The zero-order valence-electron chi connectivity index (χ0n) is 8.34. The Morgan fingerprint density at radius 1 is 1.57 bits per heavy atom. The average Bonchev–Trinajstić information content (AvgIpc) is 2.58. The summed E-state index contributed by atoms with van der Waals surface area (Å²) in [7, 11) is 0. The van der Waals surface area contributed by atoms with E-state index in [-0.39, 0.29) is 4.87 Å². The van der Waals surface area contributed by atoms with E-state index in [0.29, 0.717) is 0 Å². The van der Waals surface area contributed by atoms with E-state index in [1.54, 1.807) is 0 Å². The van der Waals surface area contributed by atoms with Crippen molar-refractivity contribution in [3.63, 3.8) is 0 Å². The Morgan fingerprint density at radius 3 is 3.07 bits per heavy atom. The van der Waals surface area contributed by atoms with Crippen molar-refractivity contribution in [1.82, 2.24) is 10.3 Å². The van der Waals surface area contributed by atoms with Crippen LogP contribution in [0.3, 0.4) is 0 Å². The fourth-order valence-electron chi connectivity index (χ4n) is 1.12. The van der Waals surface area contributed by atoms with Crippen molar-refractivity contribution in [2.45, 2.75) is 19.4 Å². The summed E-state index contributed by atoms with van der Waals surface area (Å²) >= 11 is 3.11. The van der Waals surface area contributed by atoms with Gasteiger partial charge in [-0.05, 0) is 31.4 Å². The molecule has 1 aromatic heterocycles. The molecule has 0 atom stereocenters. The van der Waals surface area contributed by atoms with E-state index in [9.17, 15) is 4.79 Å². The van der Waals surface area contributed by atoms with Crippen molar-refractivity contribution < 1.29 is 0 Å². The van der Waals surface area contributed by atoms with Crippen LogP contribution < -0.4 is 10.2 Å². The Balaban J connectivity index is 2.02. The lowest BCUT2D eigenvalue weighted by Gasteiger charge is -2.01. The van der Waals surface area contributed by atoms with Gasteiger partial charge in [0, 0.05) is 17.6 Å². The molecule has 0 aromatic carbocycles. The van der Waals surface area contributed by atoms with Crippen LogP contribution in [0.15, 0.2) is 10.2 Å².